The lowest BCUT2D eigenvalue weighted by Crippen LogP contribution is -2.66. The van der Waals surface area contributed by atoms with Crippen LogP contribution in [-0.2, 0) is 18.9 Å². The van der Waals surface area contributed by atoms with E-state index >= 15 is 0 Å². The Kier molecular flexibility index (Phi) is 6.12. The first-order valence-electron chi connectivity index (χ1n) is 11.4. The number of hydrogen-bond donors (Lipinski definition) is 0. The maximum Gasteiger partial charge on any atom is 0.0829 e. The molecule has 5 heteroatoms. The van der Waals surface area contributed by atoms with Gasteiger partial charge in [-0.05, 0) is 76.5 Å². The first-order chi connectivity index (χ1) is 13.3. The van der Waals surface area contributed by atoms with Gasteiger partial charge in [-0.1, -0.05) is 0 Å². The Morgan fingerprint density at radius 1 is 0.821 bits per heavy atom. The minimum atomic E-state index is 0.282. The van der Waals surface area contributed by atoms with Crippen LogP contribution in [0.1, 0.15) is 65.7 Å². The van der Waals surface area contributed by atoms with Gasteiger partial charge in [0, 0.05) is 39.0 Å². The van der Waals surface area contributed by atoms with Gasteiger partial charge in [0.25, 0.3) is 0 Å². The van der Waals surface area contributed by atoms with E-state index in [9.17, 15) is 0 Å². The smallest absolute Gasteiger partial charge is 0.0829 e. The predicted octanol–water partition coefficient (Wildman–Crippen LogP) is 3.65. The van der Waals surface area contributed by atoms with Gasteiger partial charge in [0.1, 0.15) is 0 Å². The number of ether oxygens (including phenoxy) is 4. The van der Waals surface area contributed by atoms with E-state index in [1.54, 1.807) is 7.11 Å². The van der Waals surface area contributed by atoms with Gasteiger partial charge in [0.2, 0.25) is 0 Å². The van der Waals surface area contributed by atoms with Gasteiger partial charge in [-0.2, -0.15) is 0 Å². The fraction of sp³-hybridized carbons (Fsp3) is 1.00. The highest BCUT2D eigenvalue weighted by molar-refractivity contribution is 5.17. The van der Waals surface area contributed by atoms with Gasteiger partial charge in [0.05, 0.1) is 31.5 Å². The molecule has 0 amide bonds. The Hall–Kier alpha value is -0.200. The van der Waals surface area contributed by atoms with Crippen LogP contribution in [0.25, 0.3) is 0 Å². The lowest BCUT2D eigenvalue weighted by molar-refractivity contribution is -0.264. The monoisotopic (exact) mass is 395 g/mol. The van der Waals surface area contributed by atoms with Crippen molar-refractivity contribution in [3.63, 3.8) is 0 Å². The Balaban J connectivity index is 0.954. The van der Waals surface area contributed by atoms with E-state index in [0.717, 1.165) is 65.2 Å². The van der Waals surface area contributed by atoms with Crippen LogP contribution in [0.3, 0.4) is 0 Å². The third-order valence-electron chi connectivity index (χ3n) is 7.50. The molecule has 28 heavy (non-hydrogen) atoms. The maximum atomic E-state index is 6.09. The average molecular weight is 396 g/mol. The Bertz CT molecular complexity index is 499. The predicted molar refractivity (Wildman–Crippen MR) is 110 cm³/mol. The number of hydrogen-bond acceptors (Lipinski definition) is 5. The summed E-state index contributed by atoms with van der Waals surface area (Å²) >= 11 is 0. The molecule has 1 aliphatic heterocycles. The molecule has 1 saturated heterocycles. The van der Waals surface area contributed by atoms with E-state index in [1.807, 2.05) is 0 Å². The van der Waals surface area contributed by atoms with Crippen LogP contribution in [-0.4, -0.2) is 75.4 Å². The van der Waals surface area contributed by atoms with Gasteiger partial charge in [-0.15, -0.1) is 0 Å². The highest BCUT2D eigenvalue weighted by atomic mass is 16.5. The van der Waals surface area contributed by atoms with Crippen LogP contribution in [0.15, 0.2) is 0 Å². The molecule has 4 aliphatic carbocycles. The van der Waals surface area contributed by atoms with E-state index in [-0.39, 0.29) is 5.54 Å². The van der Waals surface area contributed by atoms with Crippen LogP contribution in [0, 0.1) is 10.8 Å². The van der Waals surface area contributed by atoms with Crippen LogP contribution in [0.5, 0.6) is 0 Å². The quantitative estimate of drug-likeness (QED) is 0.472. The maximum absolute atomic E-state index is 6.09. The molecule has 1 heterocycles. The molecule has 0 aromatic carbocycles. The van der Waals surface area contributed by atoms with E-state index in [4.69, 9.17) is 18.9 Å². The summed E-state index contributed by atoms with van der Waals surface area (Å²) in [6.45, 7) is 12.7. The second-order valence-corrected chi connectivity index (χ2v) is 11.1. The van der Waals surface area contributed by atoms with Crippen molar-refractivity contribution in [2.24, 2.45) is 10.8 Å². The lowest BCUT2D eigenvalue weighted by Gasteiger charge is -2.70. The zero-order valence-electron chi connectivity index (χ0n) is 18.5. The zero-order valence-corrected chi connectivity index (χ0v) is 18.5. The molecule has 2 bridgehead atoms. The standard InChI is InChI=1S/C23H41NO4/c1-21(2,3)24-11-20(12-24)27-8-6-5-7-26-16-22-13-23(14-22,15-22)17-28-19-9-18(10-19)25-4/h18-20H,5-17H2,1-4H3. The van der Waals surface area contributed by atoms with Crippen molar-refractivity contribution in [2.45, 2.75) is 89.6 Å². The Morgan fingerprint density at radius 3 is 2.11 bits per heavy atom. The molecular weight excluding hydrogens is 354 g/mol. The second-order valence-electron chi connectivity index (χ2n) is 11.1. The summed E-state index contributed by atoms with van der Waals surface area (Å²) in [4.78, 5) is 2.48. The van der Waals surface area contributed by atoms with Crippen molar-refractivity contribution in [3.05, 3.63) is 0 Å². The topological polar surface area (TPSA) is 40.2 Å². The van der Waals surface area contributed by atoms with E-state index in [0.29, 0.717) is 29.1 Å². The van der Waals surface area contributed by atoms with E-state index in [1.165, 1.54) is 19.3 Å². The molecule has 5 fully saturated rings. The highest BCUT2D eigenvalue weighted by Crippen LogP contribution is 2.73. The Labute approximate surface area is 171 Å². The minimum Gasteiger partial charge on any atom is -0.381 e. The van der Waals surface area contributed by atoms with Crippen molar-refractivity contribution >= 4 is 0 Å². The molecule has 5 nitrogen and oxygen atoms in total. The van der Waals surface area contributed by atoms with Crippen molar-refractivity contribution in [3.8, 4) is 0 Å². The van der Waals surface area contributed by atoms with E-state index in [2.05, 4.69) is 25.7 Å². The molecule has 0 N–H and O–H groups in total. The molecule has 0 aromatic heterocycles. The molecule has 0 atom stereocenters. The van der Waals surface area contributed by atoms with Crippen molar-refractivity contribution in [1.29, 1.82) is 0 Å². The largest absolute Gasteiger partial charge is 0.381 e. The molecule has 5 aliphatic rings. The van der Waals surface area contributed by atoms with Crippen LogP contribution in [0.4, 0.5) is 0 Å². The molecule has 0 spiro atoms. The normalized spacial score (nSPS) is 37.7. The number of unbranched alkanes of at least 4 members (excludes halogenated alkanes) is 1. The van der Waals surface area contributed by atoms with Gasteiger partial charge in [-0.3, -0.25) is 4.90 Å². The fourth-order valence-corrected chi connectivity index (χ4v) is 5.61. The zero-order chi connectivity index (χ0) is 19.8. The first kappa shape index (κ1) is 21.0. The molecular formula is C23H41NO4. The summed E-state index contributed by atoms with van der Waals surface area (Å²) < 4.78 is 23.4. The summed E-state index contributed by atoms with van der Waals surface area (Å²) in [5.41, 5.74) is 1.28. The molecule has 5 rings (SSSR count). The summed E-state index contributed by atoms with van der Waals surface area (Å²) in [5.74, 6) is 0. The number of nitrogens with zero attached hydrogens (tertiary/aromatic N) is 1. The van der Waals surface area contributed by atoms with Gasteiger partial charge < -0.3 is 18.9 Å². The Morgan fingerprint density at radius 2 is 1.46 bits per heavy atom. The third-order valence-corrected chi connectivity index (χ3v) is 7.50. The molecule has 0 unspecified atom stereocenters. The van der Waals surface area contributed by atoms with Crippen molar-refractivity contribution < 1.29 is 18.9 Å². The third kappa shape index (κ3) is 4.59. The van der Waals surface area contributed by atoms with Gasteiger partial charge in [0.15, 0.2) is 0 Å². The molecule has 162 valence electrons. The average Bonchev–Trinajstić information content (AvgIpc) is 2.47. The van der Waals surface area contributed by atoms with Crippen molar-refractivity contribution in [1.82, 2.24) is 4.90 Å². The van der Waals surface area contributed by atoms with E-state index < -0.39 is 0 Å². The summed E-state index contributed by atoms with van der Waals surface area (Å²) in [6, 6.07) is 0. The molecule has 4 saturated carbocycles. The number of methoxy groups -OCH3 is 1. The van der Waals surface area contributed by atoms with Crippen LogP contribution < -0.4 is 0 Å². The molecule has 0 aromatic rings. The van der Waals surface area contributed by atoms with Crippen LogP contribution in [0.2, 0.25) is 0 Å². The number of likely N-dealkylation sites (tertiary alicyclic amines) is 1. The lowest BCUT2D eigenvalue weighted by atomic mass is 9.35. The second kappa shape index (κ2) is 8.14. The van der Waals surface area contributed by atoms with Crippen LogP contribution >= 0.6 is 0 Å². The van der Waals surface area contributed by atoms with Gasteiger partial charge >= 0.3 is 0 Å². The summed E-state index contributed by atoms with van der Waals surface area (Å²) in [5, 5.41) is 0. The number of rotatable bonds is 12. The van der Waals surface area contributed by atoms with Gasteiger partial charge in [-0.25, -0.2) is 0 Å². The highest BCUT2D eigenvalue weighted by Gasteiger charge is 2.67. The SMILES string of the molecule is COC1CC(OCC23CC(COCCCCOC4CN(C(C)(C)C)C4)(C2)C3)C1. The first-order valence-corrected chi connectivity index (χ1v) is 11.4. The summed E-state index contributed by atoms with van der Waals surface area (Å²) in [7, 11) is 1.80. The van der Waals surface area contributed by atoms with Crippen molar-refractivity contribution in [2.75, 3.05) is 46.6 Å². The molecule has 0 radical (unpaired) electrons. The minimum absolute atomic E-state index is 0.282. The summed E-state index contributed by atoms with van der Waals surface area (Å²) in [6.07, 6.45) is 9.67. The fourth-order valence-electron chi connectivity index (χ4n) is 5.61.